The first-order chi connectivity index (χ1) is 28.0. The molecule has 7 nitrogen and oxygen atoms in total. The van der Waals surface area contributed by atoms with Gasteiger partial charge in [-0.1, -0.05) is 140 Å². The summed E-state index contributed by atoms with van der Waals surface area (Å²) in [5.41, 5.74) is 5.02. The number of unbranched alkanes of at least 4 members (excludes halogenated alkanes) is 11. The molecule has 0 N–H and O–H groups in total. The molecule has 0 spiro atoms. The smallest absolute Gasteiger partial charge is 0.338 e. The fraction of sp³-hybridized carbons (Fsp3) is 0.480. The van der Waals surface area contributed by atoms with Crippen molar-refractivity contribution < 1.29 is 28.5 Å². The van der Waals surface area contributed by atoms with Gasteiger partial charge >= 0.3 is 11.9 Å². The molecule has 0 aliphatic carbocycles. The van der Waals surface area contributed by atoms with Crippen LogP contribution in [0.1, 0.15) is 131 Å². The lowest BCUT2D eigenvalue weighted by Crippen LogP contribution is -2.34. The van der Waals surface area contributed by atoms with E-state index in [4.69, 9.17) is 18.9 Å². The maximum Gasteiger partial charge on any atom is 0.338 e. The van der Waals surface area contributed by atoms with Gasteiger partial charge in [0.2, 0.25) is 0 Å². The Labute approximate surface area is 342 Å². The zero-order valence-electron chi connectivity index (χ0n) is 34.7. The number of hydrogen-bond acceptors (Lipinski definition) is 7. The van der Waals surface area contributed by atoms with E-state index in [1.165, 1.54) is 64.2 Å². The molecule has 306 valence electrons. The lowest BCUT2D eigenvalue weighted by molar-refractivity contribution is -0.0176. The molecule has 7 heteroatoms. The first-order valence-electron chi connectivity index (χ1n) is 21.8. The summed E-state index contributed by atoms with van der Waals surface area (Å²) >= 11 is 0. The van der Waals surface area contributed by atoms with E-state index >= 15 is 0 Å². The molecule has 4 aromatic rings. The molecule has 0 bridgehead atoms. The highest BCUT2D eigenvalue weighted by atomic mass is 16.6. The molecular formula is C50H65NO6. The molecule has 5 rings (SSSR count). The van der Waals surface area contributed by atoms with Gasteiger partial charge in [0.25, 0.3) is 0 Å². The standard InChI is InChI=1S/C50H65NO6/c1-4-7-10-12-14-16-35-54-45-30-26-41(27-31-45)39-18-22-43(23-19-39)49(52)56-47-37-51(34-9-6-3)38-48(47)57-50(53)44-24-20-40(21-25-44)42-28-32-46(33-29-42)55-36-17-15-13-11-8-5-2/h18-33,47-48H,4-17,34-38H2,1-3H3/t47-,48-/m0/s1. The van der Waals surface area contributed by atoms with Crippen LogP contribution in [0.5, 0.6) is 11.5 Å². The lowest BCUT2D eigenvalue weighted by atomic mass is 10.0. The largest absolute Gasteiger partial charge is 0.494 e. The van der Waals surface area contributed by atoms with E-state index in [9.17, 15) is 9.59 Å². The third-order valence-corrected chi connectivity index (χ3v) is 10.8. The van der Waals surface area contributed by atoms with Crippen LogP contribution in [0.25, 0.3) is 22.3 Å². The highest BCUT2D eigenvalue weighted by Crippen LogP contribution is 2.27. The summed E-state index contributed by atoms with van der Waals surface area (Å²) < 4.78 is 24.0. The first-order valence-corrected chi connectivity index (χ1v) is 21.8. The van der Waals surface area contributed by atoms with Crippen molar-refractivity contribution in [2.45, 2.75) is 123 Å². The zero-order valence-corrected chi connectivity index (χ0v) is 34.7. The van der Waals surface area contributed by atoms with E-state index in [2.05, 4.69) is 25.7 Å². The Morgan fingerprint density at radius 3 is 1.16 bits per heavy atom. The van der Waals surface area contributed by atoms with Crippen molar-refractivity contribution in [1.82, 2.24) is 4.90 Å². The molecule has 0 saturated carbocycles. The number of carbonyl (C=O) groups is 2. The fourth-order valence-electron chi connectivity index (χ4n) is 7.25. The second-order valence-corrected chi connectivity index (χ2v) is 15.4. The van der Waals surface area contributed by atoms with E-state index < -0.39 is 24.1 Å². The fourth-order valence-corrected chi connectivity index (χ4v) is 7.25. The third kappa shape index (κ3) is 14.4. The van der Waals surface area contributed by atoms with Crippen LogP contribution in [0.4, 0.5) is 0 Å². The van der Waals surface area contributed by atoms with Gasteiger partial charge in [-0.05, 0) is 96.6 Å². The van der Waals surface area contributed by atoms with Gasteiger partial charge in [-0.15, -0.1) is 0 Å². The number of esters is 2. The summed E-state index contributed by atoms with van der Waals surface area (Å²) in [6, 6.07) is 31.1. The van der Waals surface area contributed by atoms with E-state index in [0.717, 1.165) is 79.2 Å². The summed E-state index contributed by atoms with van der Waals surface area (Å²) in [5, 5.41) is 0. The molecule has 1 heterocycles. The topological polar surface area (TPSA) is 74.3 Å². The van der Waals surface area contributed by atoms with Crippen LogP contribution >= 0.6 is 0 Å². The Bertz CT molecular complexity index is 1610. The van der Waals surface area contributed by atoms with Crippen molar-refractivity contribution in [2.75, 3.05) is 32.8 Å². The number of hydrogen-bond donors (Lipinski definition) is 0. The predicted molar refractivity (Wildman–Crippen MR) is 231 cm³/mol. The van der Waals surface area contributed by atoms with E-state index in [1.807, 2.05) is 72.8 Å². The normalized spacial score (nSPS) is 15.4. The minimum Gasteiger partial charge on any atom is -0.494 e. The van der Waals surface area contributed by atoms with Crippen molar-refractivity contribution in [1.29, 1.82) is 0 Å². The molecule has 0 amide bonds. The zero-order chi connectivity index (χ0) is 40.1. The third-order valence-electron chi connectivity index (χ3n) is 10.8. The van der Waals surface area contributed by atoms with Crippen molar-refractivity contribution >= 4 is 11.9 Å². The molecule has 1 aliphatic heterocycles. The predicted octanol–water partition coefficient (Wildman–Crippen LogP) is 12.4. The number of ether oxygens (including phenoxy) is 4. The molecule has 1 saturated heterocycles. The van der Waals surface area contributed by atoms with Gasteiger partial charge in [-0.2, -0.15) is 0 Å². The molecular weight excluding hydrogens is 711 g/mol. The second kappa shape index (κ2) is 24.2. The quantitative estimate of drug-likeness (QED) is 0.0490. The number of nitrogens with zero attached hydrogens (tertiary/aromatic N) is 1. The molecule has 57 heavy (non-hydrogen) atoms. The molecule has 2 atom stereocenters. The number of rotatable bonds is 25. The van der Waals surface area contributed by atoms with Crippen molar-refractivity contribution in [3.63, 3.8) is 0 Å². The van der Waals surface area contributed by atoms with E-state index in [0.29, 0.717) is 24.2 Å². The van der Waals surface area contributed by atoms with Gasteiger partial charge in [-0.3, -0.25) is 4.90 Å². The molecule has 1 fully saturated rings. The number of likely N-dealkylation sites (tertiary alicyclic amines) is 1. The average molecular weight is 776 g/mol. The number of benzene rings is 4. The van der Waals surface area contributed by atoms with Crippen LogP contribution < -0.4 is 9.47 Å². The van der Waals surface area contributed by atoms with Gasteiger partial charge in [0, 0.05) is 13.1 Å². The van der Waals surface area contributed by atoms with Crippen LogP contribution in [-0.4, -0.2) is 61.9 Å². The monoisotopic (exact) mass is 775 g/mol. The van der Waals surface area contributed by atoms with Crippen LogP contribution in [0.2, 0.25) is 0 Å². The minimum absolute atomic E-state index is 0.424. The summed E-state index contributed by atoms with van der Waals surface area (Å²) in [6.07, 6.45) is 15.8. The molecule has 1 aliphatic rings. The maximum absolute atomic E-state index is 13.4. The molecule has 0 aromatic heterocycles. The highest BCUT2D eigenvalue weighted by Gasteiger charge is 2.38. The average Bonchev–Trinajstić information content (AvgIpc) is 3.62. The first kappa shape index (κ1) is 43.5. The Balaban J connectivity index is 1.11. The Hall–Kier alpha value is -4.62. The second-order valence-electron chi connectivity index (χ2n) is 15.4. The SMILES string of the molecule is CCCCCCCCOc1ccc(-c2ccc(C(=O)O[C@H]3CN(CCCC)C[C@@H]3OC(=O)c3ccc(-c4ccc(OCCCCCCCC)cc4)cc3)cc2)cc1. The van der Waals surface area contributed by atoms with Crippen molar-refractivity contribution in [3.05, 3.63) is 108 Å². The van der Waals surface area contributed by atoms with Crippen LogP contribution in [0, 0.1) is 0 Å². The summed E-state index contributed by atoms with van der Waals surface area (Å²) in [6.45, 7) is 9.99. The highest BCUT2D eigenvalue weighted by molar-refractivity contribution is 5.91. The van der Waals surface area contributed by atoms with Gasteiger partial charge in [0.1, 0.15) is 11.5 Å². The van der Waals surface area contributed by atoms with Gasteiger partial charge in [0.15, 0.2) is 12.2 Å². The van der Waals surface area contributed by atoms with Gasteiger partial charge < -0.3 is 18.9 Å². The Morgan fingerprint density at radius 1 is 0.456 bits per heavy atom. The van der Waals surface area contributed by atoms with Crippen molar-refractivity contribution in [3.8, 4) is 33.8 Å². The van der Waals surface area contributed by atoms with Crippen LogP contribution in [0.3, 0.4) is 0 Å². The summed E-state index contributed by atoms with van der Waals surface area (Å²) in [5.74, 6) is 0.892. The Kier molecular flexibility index (Phi) is 18.5. The lowest BCUT2D eigenvalue weighted by Gasteiger charge is -2.20. The molecule has 0 unspecified atom stereocenters. The van der Waals surface area contributed by atoms with Crippen LogP contribution in [0.15, 0.2) is 97.1 Å². The van der Waals surface area contributed by atoms with Gasteiger partial charge in [-0.25, -0.2) is 9.59 Å². The maximum atomic E-state index is 13.4. The minimum atomic E-state index is -0.567. The Morgan fingerprint density at radius 2 is 0.789 bits per heavy atom. The molecule has 4 aromatic carbocycles. The molecule has 0 radical (unpaired) electrons. The summed E-state index contributed by atoms with van der Waals surface area (Å²) in [7, 11) is 0. The van der Waals surface area contributed by atoms with E-state index in [1.54, 1.807) is 24.3 Å². The van der Waals surface area contributed by atoms with Gasteiger partial charge in [0.05, 0.1) is 24.3 Å². The van der Waals surface area contributed by atoms with E-state index in [-0.39, 0.29) is 0 Å². The summed E-state index contributed by atoms with van der Waals surface area (Å²) in [4.78, 5) is 29.0. The van der Waals surface area contributed by atoms with Crippen molar-refractivity contribution in [2.24, 2.45) is 0 Å². The van der Waals surface area contributed by atoms with Crippen LogP contribution in [-0.2, 0) is 9.47 Å². The number of carbonyl (C=O) groups excluding carboxylic acids is 2.